The molecule has 9 nitrogen and oxygen atoms in total. The standard InChI is InChI=1S/C30H29N7O2/c1-19-14-24(39-23-7-3-2-4-8-23)11-12-25(19)27-26-28(32)33-18-34-29(26)37(35-27)17-22-6-5-13-36(22)30(38)21(16-31)15-20-9-10-20/h2-4,7-8,11-12,14-15,18,20,22H,5-6,9-10,13,17H2,1H3,(H2,32,33,34)/t22-/m0/s1. The van der Waals surface area contributed by atoms with Gasteiger partial charge in [-0.2, -0.15) is 10.4 Å². The minimum atomic E-state index is -0.192. The molecule has 0 radical (unpaired) electrons. The number of aromatic nitrogens is 4. The monoisotopic (exact) mass is 519 g/mol. The van der Waals surface area contributed by atoms with E-state index in [1.54, 1.807) is 0 Å². The van der Waals surface area contributed by atoms with Crippen molar-refractivity contribution in [1.82, 2.24) is 24.6 Å². The molecule has 1 aliphatic heterocycles. The van der Waals surface area contributed by atoms with Crippen LogP contribution in [0.25, 0.3) is 22.3 Å². The number of nitrogens with zero attached hydrogens (tertiary/aromatic N) is 6. The summed E-state index contributed by atoms with van der Waals surface area (Å²) >= 11 is 0. The van der Waals surface area contributed by atoms with Crippen LogP contribution < -0.4 is 10.5 Å². The second kappa shape index (κ2) is 10.2. The van der Waals surface area contributed by atoms with Gasteiger partial charge in [0, 0.05) is 12.1 Å². The third-order valence-corrected chi connectivity index (χ3v) is 7.39. The average molecular weight is 520 g/mol. The Morgan fingerprint density at radius 1 is 1.15 bits per heavy atom. The quantitative estimate of drug-likeness (QED) is 0.268. The molecule has 1 atom stereocenters. The van der Waals surface area contributed by atoms with Crippen LogP contribution in [0.4, 0.5) is 5.82 Å². The molecule has 0 unspecified atom stereocenters. The lowest BCUT2D eigenvalue weighted by Crippen LogP contribution is -2.39. The van der Waals surface area contributed by atoms with Crippen molar-refractivity contribution in [2.45, 2.75) is 45.2 Å². The molecule has 1 saturated heterocycles. The molecule has 0 bridgehead atoms. The van der Waals surface area contributed by atoms with E-state index < -0.39 is 0 Å². The molecule has 2 aromatic carbocycles. The maximum atomic E-state index is 13.2. The number of likely N-dealkylation sites (tertiary alicyclic amines) is 1. The minimum absolute atomic E-state index is 0.0941. The van der Waals surface area contributed by atoms with Crippen molar-refractivity contribution in [1.29, 1.82) is 5.26 Å². The highest BCUT2D eigenvalue weighted by atomic mass is 16.5. The first-order chi connectivity index (χ1) is 19.0. The van der Waals surface area contributed by atoms with Crippen molar-refractivity contribution in [3.63, 3.8) is 0 Å². The maximum absolute atomic E-state index is 13.2. The van der Waals surface area contributed by atoms with E-state index in [2.05, 4.69) is 16.0 Å². The number of allylic oxidation sites excluding steroid dienone is 1. The van der Waals surface area contributed by atoms with E-state index in [-0.39, 0.29) is 17.5 Å². The molecule has 1 aliphatic carbocycles. The predicted octanol–water partition coefficient (Wildman–Crippen LogP) is 5.03. The number of hydrogen-bond donors (Lipinski definition) is 1. The van der Waals surface area contributed by atoms with Crippen LogP contribution in [-0.2, 0) is 11.3 Å². The number of hydrogen-bond acceptors (Lipinski definition) is 7. The maximum Gasteiger partial charge on any atom is 0.264 e. The van der Waals surface area contributed by atoms with E-state index in [1.807, 2.05) is 71.1 Å². The summed E-state index contributed by atoms with van der Waals surface area (Å²) in [5, 5.41) is 15.2. The highest BCUT2D eigenvalue weighted by Crippen LogP contribution is 2.36. The molecule has 2 aromatic heterocycles. The zero-order valence-corrected chi connectivity index (χ0v) is 21.7. The van der Waals surface area contributed by atoms with E-state index in [9.17, 15) is 10.1 Å². The number of nitrogen functional groups attached to an aromatic ring is 1. The third-order valence-electron chi connectivity index (χ3n) is 7.39. The van der Waals surface area contributed by atoms with Crippen molar-refractivity contribution in [3.05, 3.63) is 72.1 Å². The Kier molecular flexibility index (Phi) is 6.45. The molecular formula is C30H29N7O2. The number of anilines is 1. The van der Waals surface area contributed by atoms with Crippen molar-refractivity contribution in [2.75, 3.05) is 12.3 Å². The fourth-order valence-corrected chi connectivity index (χ4v) is 5.24. The number of aryl methyl sites for hydroxylation is 1. The number of amides is 1. The Morgan fingerprint density at radius 2 is 1.97 bits per heavy atom. The van der Waals surface area contributed by atoms with Gasteiger partial charge in [-0.15, -0.1) is 0 Å². The lowest BCUT2D eigenvalue weighted by Gasteiger charge is -2.24. The highest BCUT2D eigenvalue weighted by Gasteiger charge is 2.33. The number of carbonyl (C=O) groups is 1. The van der Waals surface area contributed by atoms with E-state index in [1.165, 1.54) is 6.33 Å². The van der Waals surface area contributed by atoms with Crippen LogP contribution in [-0.4, -0.2) is 43.1 Å². The zero-order valence-electron chi connectivity index (χ0n) is 21.7. The van der Waals surface area contributed by atoms with Crippen LogP contribution >= 0.6 is 0 Å². The molecule has 4 aromatic rings. The highest BCUT2D eigenvalue weighted by molar-refractivity contribution is 5.99. The molecule has 1 amide bonds. The normalized spacial score (nSPS) is 17.4. The summed E-state index contributed by atoms with van der Waals surface area (Å²) in [4.78, 5) is 23.8. The van der Waals surface area contributed by atoms with Gasteiger partial charge in [-0.05, 0) is 74.4 Å². The van der Waals surface area contributed by atoms with Crippen molar-refractivity contribution < 1.29 is 9.53 Å². The molecule has 2 N–H and O–H groups in total. The largest absolute Gasteiger partial charge is 0.457 e. The molecule has 0 spiro atoms. The van der Waals surface area contributed by atoms with E-state index in [0.29, 0.717) is 41.6 Å². The second-order valence-corrected chi connectivity index (χ2v) is 10.2. The Balaban J connectivity index is 1.32. The van der Waals surface area contributed by atoms with Crippen molar-refractivity contribution in [2.24, 2.45) is 5.92 Å². The molecule has 2 aliphatic rings. The van der Waals surface area contributed by atoms with Gasteiger partial charge < -0.3 is 15.4 Å². The Hall–Kier alpha value is -4.71. The van der Waals surface area contributed by atoms with Gasteiger partial charge in [0.05, 0.1) is 18.0 Å². The predicted molar refractivity (Wildman–Crippen MR) is 148 cm³/mol. The van der Waals surface area contributed by atoms with Crippen LogP contribution in [0.5, 0.6) is 11.5 Å². The Morgan fingerprint density at radius 3 is 2.72 bits per heavy atom. The van der Waals surface area contributed by atoms with E-state index in [0.717, 1.165) is 48.3 Å². The summed E-state index contributed by atoms with van der Waals surface area (Å²) in [6, 6.07) is 17.5. The van der Waals surface area contributed by atoms with Crippen molar-refractivity contribution >= 4 is 22.8 Å². The molecule has 3 heterocycles. The molecule has 1 saturated carbocycles. The summed E-state index contributed by atoms with van der Waals surface area (Å²) in [5.41, 5.74) is 9.78. The molecule has 2 fully saturated rings. The third kappa shape index (κ3) is 4.93. The molecule has 39 heavy (non-hydrogen) atoms. The molecule has 6 rings (SSSR count). The lowest BCUT2D eigenvalue weighted by molar-refractivity contribution is -0.127. The lowest BCUT2D eigenvalue weighted by atomic mass is 10.0. The smallest absolute Gasteiger partial charge is 0.264 e. The van der Waals surface area contributed by atoms with Crippen LogP contribution in [0.15, 0.2) is 66.5 Å². The summed E-state index contributed by atoms with van der Waals surface area (Å²) in [7, 11) is 0. The number of carbonyl (C=O) groups excluding carboxylic acids is 1. The number of nitriles is 1. The first kappa shape index (κ1) is 24.6. The number of rotatable bonds is 7. The van der Waals surface area contributed by atoms with Gasteiger partial charge in [0.1, 0.15) is 41.0 Å². The number of fused-ring (bicyclic) bond motifs is 1. The number of benzene rings is 2. The molecule has 196 valence electrons. The summed E-state index contributed by atoms with van der Waals surface area (Å²) < 4.78 is 7.83. The molecule has 9 heteroatoms. The van der Waals surface area contributed by atoms with Gasteiger partial charge in [-0.25, -0.2) is 14.6 Å². The summed E-state index contributed by atoms with van der Waals surface area (Å²) in [6.07, 6.45) is 7.07. The first-order valence-corrected chi connectivity index (χ1v) is 13.3. The van der Waals surface area contributed by atoms with Gasteiger partial charge in [0.2, 0.25) is 0 Å². The van der Waals surface area contributed by atoms with Crippen LogP contribution in [0, 0.1) is 24.2 Å². The van der Waals surface area contributed by atoms with Gasteiger partial charge in [0.25, 0.3) is 5.91 Å². The summed E-state index contributed by atoms with van der Waals surface area (Å²) in [6.45, 7) is 3.08. The number of para-hydroxylation sites is 1. The van der Waals surface area contributed by atoms with Crippen LogP contribution in [0.2, 0.25) is 0 Å². The van der Waals surface area contributed by atoms with E-state index in [4.69, 9.17) is 15.6 Å². The van der Waals surface area contributed by atoms with E-state index >= 15 is 0 Å². The van der Waals surface area contributed by atoms with Crippen LogP contribution in [0.3, 0.4) is 0 Å². The van der Waals surface area contributed by atoms with Crippen molar-refractivity contribution in [3.8, 4) is 28.8 Å². The number of nitrogens with two attached hydrogens (primary N) is 1. The zero-order chi connectivity index (χ0) is 26.9. The topological polar surface area (TPSA) is 123 Å². The fourth-order valence-electron chi connectivity index (χ4n) is 5.24. The Labute approximate surface area is 226 Å². The van der Waals surface area contributed by atoms with Crippen LogP contribution in [0.1, 0.15) is 31.2 Å². The van der Waals surface area contributed by atoms with Gasteiger partial charge in [-0.3, -0.25) is 4.79 Å². The number of ether oxygens (including phenoxy) is 1. The van der Waals surface area contributed by atoms with Gasteiger partial charge in [-0.1, -0.05) is 24.3 Å². The molecular weight excluding hydrogens is 490 g/mol. The van der Waals surface area contributed by atoms with Gasteiger partial charge >= 0.3 is 0 Å². The SMILES string of the molecule is Cc1cc(Oc2ccccc2)ccc1-c1nn(C[C@@H]2CCCN2C(=O)C(C#N)=CC2CC2)c2ncnc(N)c12. The Bertz CT molecular complexity index is 1620. The summed E-state index contributed by atoms with van der Waals surface area (Å²) in [5.74, 6) is 2.00. The first-order valence-electron chi connectivity index (χ1n) is 13.3. The average Bonchev–Trinajstić information content (AvgIpc) is 3.52. The second-order valence-electron chi connectivity index (χ2n) is 10.2. The van der Waals surface area contributed by atoms with Gasteiger partial charge in [0.15, 0.2) is 5.65 Å². The fraction of sp³-hybridized carbons (Fsp3) is 0.300. The minimum Gasteiger partial charge on any atom is -0.457 e.